The van der Waals surface area contributed by atoms with Gasteiger partial charge >= 0.3 is 0 Å². The number of halogens is 1. The van der Waals surface area contributed by atoms with Gasteiger partial charge in [0.1, 0.15) is 0 Å². The van der Waals surface area contributed by atoms with Crippen LogP contribution in [0.3, 0.4) is 0 Å². The van der Waals surface area contributed by atoms with Gasteiger partial charge in [0, 0.05) is 4.47 Å². The molecule has 1 heterocycles. The molecular formula is C11H13BrNO3Si. The highest BCUT2D eigenvalue weighted by Crippen LogP contribution is 2.30. The van der Waals surface area contributed by atoms with Crippen LogP contribution in [-0.2, 0) is 28.7 Å². The smallest absolute Gasteiger partial charge is 0.288 e. The number of hydrogen-bond acceptors (Lipinski definition) is 4. The van der Waals surface area contributed by atoms with Crippen LogP contribution in [0.15, 0.2) is 16.6 Å². The molecule has 6 heteroatoms. The quantitative estimate of drug-likeness (QED) is 0.865. The second-order valence-corrected chi connectivity index (χ2v) is 6.52. The van der Waals surface area contributed by atoms with Crippen molar-refractivity contribution in [3.8, 4) is 0 Å². The molecule has 1 aromatic rings. The van der Waals surface area contributed by atoms with Crippen molar-refractivity contribution in [3.63, 3.8) is 0 Å². The van der Waals surface area contributed by atoms with E-state index in [1.165, 1.54) is 12.7 Å². The molecular weight excluding hydrogens is 302 g/mol. The molecule has 0 amide bonds. The van der Waals surface area contributed by atoms with Gasteiger partial charge in [0.05, 0.1) is 20.3 Å². The Morgan fingerprint density at radius 1 is 1.53 bits per heavy atom. The van der Waals surface area contributed by atoms with E-state index in [2.05, 4.69) is 20.7 Å². The molecule has 2 rings (SSSR count). The Labute approximate surface area is 110 Å². The first-order valence-corrected chi connectivity index (χ1v) is 7.77. The van der Waals surface area contributed by atoms with Crippen molar-refractivity contribution in [3.05, 3.63) is 33.3 Å². The van der Waals surface area contributed by atoms with E-state index in [-0.39, 0.29) is 5.59 Å². The number of hydrogen-bond donors (Lipinski definition) is 1. The summed E-state index contributed by atoms with van der Waals surface area (Å²) >= 11 is 3.50. The van der Waals surface area contributed by atoms with Crippen LogP contribution in [0.1, 0.15) is 16.7 Å². The second-order valence-electron chi connectivity index (χ2n) is 3.85. The van der Waals surface area contributed by atoms with Crippen LogP contribution in [0.4, 0.5) is 4.79 Å². The first kappa shape index (κ1) is 12.8. The van der Waals surface area contributed by atoms with Crippen LogP contribution >= 0.6 is 15.9 Å². The molecule has 91 valence electrons. The topological polar surface area (TPSA) is 61.5 Å². The summed E-state index contributed by atoms with van der Waals surface area (Å²) in [6.45, 7) is 1.22. The monoisotopic (exact) mass is 314 g/mol. The zero-order valence-corrected chi connectivity index (χ0v) is 12.0. The average molecular weight is 315 g/mol. The lowest BCUT2D eigenvalue weighted by Gasteiger charge is -2.11. The maximum absolute atomic E-state index is 11.3. The van der Waals surface area contributed by atoms with Gasteiger partial charge in [-0.25, -0.2) is 0 Å². The van der Waals surface area contributed by atoms with Gasteiger partial charge in [0.25, 0.3) is 14.6 Å². The number of carbonyl (C=O) groups is 1. The predicted octanol–water partition coefficient (Wildman–Crippen LogP) is 1.86. The summed E-state index contributed by atoms with van der Waals surface area (Å²) < 4.78 is 11.2. The molecule has 4 nitrogen and oxygen atoms in total. The summed E-state index contributed by atoms with van der Waals surface area (Å²) in [5, 5.41) is 5.87. The molecule has 1 radical (unpaired) electrons. The predicted molar refractivity (Wildman–Crippen MR) is 68.7 cm³/mol. The average Bonchev–Trinajstić information content (AvgIpc) is 2.81. The van der Waals surface area contributed by atoms with Gasteiger partial charge in [-0.05, 0) is 28.8 Å². The Morgan fingerprint density at radius 3 is 2.94 bits per heavy atom. The highest BCUT2D eigenvalue weighted by molar-refractivity contribution is 9.10. The lowest BCUT2D eigenvalue weighted by molar-refractivity contribution is 0.134. The zero-order valence-electron chi connectivity index (χ0n) is 9.46. The van der Waals surface area contributed by atoms with E-state index < -0.39 is 8.96 Å². The highest BCUT2D eigenvalue weighted by Gasteiger charge is 2.24. The molecule has 1 aliphatic rings. The molecule has 0 bridgehead atoms. The third-order valence-corrected chi connectivity index (χ3v) is 5.03. The van der Waals surface area contributed by atoms with Gasteiger partial charge in [-0.2, -0.15) is 0 Å². The van der Waals surface area contributed by atoms with Crippen molar-refractivity contribution >= 4 is 30.5 Å². The van der Waals surface area contributed by atoms with Crippen molar-refractivity contribution in [2.24, 2.45) is 5.40 Å². The number of fused-ring (bicyclic) bond motifs is 1. The fourth-order valence-corrected chi connectivity index (χ4v) is 3.51. The number of ether oxygens (including phenoxy) is 2. The van der Waals surface area contributed by atoms with Gasteiger partial charge in [0.15, 0.2) is 0 Å². The van der Waals surface area contributed by atoms with E-state index in [1.807, 2.05) is 12.1 Å². The van der Waals surface area contributed by atoms with E-state index in [9.17, 15) is 4.79 Å². The van der Waals surface area contributed by atoms with Crippen LogP contribution in [0.2, 0.25) is 0 Å². The number of carbonyl (C=O) groups excluding carboxylic acids is 1. The fourth-order valence-electron chi connectivity index (χ4n) is 1.88. The Kier molecular flexibility index (Phi) is 3.98. The molecule has 0 saturated carbocycles. The van der Waals surface area contributed by atoms with Gasteiger partial charge in [0.2, 0.25) is 0 Å². The summed E-state index contributed by atoms with van der Waals surface area (Å²) in [5.74, 6) is 0. The zero-order chi connectivity index (χ0) is 12.4. The van der Waals surface area contributed by atoms with Crippen LogP contribution in [0.25, 0.3) is 0 Å². The standard InChI is InChI=1S/C11H13BrNO3Si/c1-15-11(14)17(13)6-7-2-3-10(12)9-5-16-4-8(7)9/h2-3H,4-6,13H2,1H3. The normalized spacial score (nSPS) is 13.9. The van der Waals surface area contributed by atoms with Crippen molar-refractivity contribution in [1.82, 2.24) is 0 Å². The minimum absolute atomic E-state index is 0.286. The molecule has 0 unspecified atom stereocenters. The molecule has 17 heavy (non-hydrogen) atoms. The Bertz CT molecular complexity index is 453. The fraction of sp³-hybridized carbons (Fsp3) is 0.364. The molecule has 0 saturated heterocycles. The Hall–Kier alpha value is -0.693. The van der Waals surface area contributed by atoms with E-state index >= 15 is 0 Å². The molecule has 0 aromatic heterocycles. The third kappa shape index (κ3) is 2.60. The first-order valence-electron chi connectivity index (χ1n) is 5.20. The minimum atomic E-state index is -1.64. The van der Waals surface area contributed by atoms with Crippen molar-refractivity contribution in [2.75, 3.05) is 7.11 Å². The maximum atomic E-state index is 11.3. The largest absolute Gasteiger partial charge is 0.472 e. The summed E-state index contributed by atoms with van der Waals surface area (Å²) in [6, 6.07) is 4.56. The SMILES string of the molecule is COC(=O)[Si](N)Cc1ccc(Br)c2c1COC2. The van der Waals surface area contributed by atoms with Crippen molar-refractivity contribution < 1.29 is 14.3 Å². The highest BCUT2D eigenvalue weighted by atomic mass is 79.9. The summed E-state index contributed by atoms with van der Waals surface area (Å²) in [6.07, 6.45) is 0. The lowest BCUT2D eigenvalue weighted by atomic mass is 10.1. The Morgan fingerprint density at radius 2 is 2.24 bits per heavy atom. The van der Waals surface area contributed by atoms with Crippen molar-refractivity contribution in [2.45, 2.75) is 19.3 Å². The third-order valence-electron chi connectivity index (χ3n) is 2.79. The van der Waals surface area contributed by atoms with Crippen LogP contribution in [0.5, 0.6) is 0 Å². The maximum Gasteiger partial charge on any atom is 0.288 e. The van der Waals surface area contributed by atoms with E-state index in [0.717, 1.165) is 15.6 Å². The number of nitrogens with two attached hydrogens (primary N) is 1. The van der Waals surface area contributed by atoms with E-state index in [0.29, 0.717) is 19.3 Å². The summed E-state index contributed by atoms with van der Waals surface area (Å²) in [4.78, 5) is 11.3. The van der Waals surface area contributed by atoms with Crippen LogP contribution in [0, 0.1) is 0 Å². The molecule has 2 N–H and O–H groups in total. The number of benzene rings is 1. The van der Waals surface area contributed by atoms with E-state index in [4.69, 9.17) is 10.1 Å². The molecule has 1 aromatic carbocycles. The first-order chi connectivity index (χ1) is 8.13. The van der Waals surface area contributed by atoms with Gasteiger partial charge in [-0.1, -0.05) is 22.0 Å². The molecule has 1 aliphatic heterocycles. The summed E-state index contributed by atoms with van der Waals surface area (Å²) in [5.41, 5.74) is 3.14. The Balaban J connectivity index is 2.23. The van der Waals surface area contributed by atoms with Crippen LogP contribution < -0.4 is 5.40 Å². The molecule has 0 spiro atoms. The second kappa shape index (κ2) is 5.30. The van der Waals surface area contributed by atoms with Crippen molar-refractivity contribution in [1.29, 1.82) is 0 Å². The number of methoxy groups -OCH3 is 1. The van der Waals surface area contributed by atoms with E-state index in [1.54, 1.807) is 0 Å². The molecule has 0 fully saturated rings. The van der Waals surface area contributed by atoms with Gasteiger partial charge in [-0.15, -0.1) is 0 Å². The lowest BCUT2D eigenvalue weighted by Crippen LogP contribution is -2.39. The van der Waals surface area contributed by atoms with Crippen LogP contribution in [-0.4, -0.2) is 21.7 Å². The molecule has 0 aliphatic carbocycles. The van der Waals surface area contributed by atoms with Gasteiger partial charge in [-0.3, -0.25) is 4.79 Å². The minimum Gasteiger partial charge on any atom is -0.472 e. The number of rotatable bonds is 3. The molecule has 0 atom stereocenters. The van der Waals surface area contributed by atoms with Gasteiger partial charge < -0.3 is 14.9 Å². The summed E-state index contributed by atoms with van der Waals surface area (Å²) in [7, 11) is -0.266.